The number of halogens is 2. The SMILES string of the molecule is CN1C(=O)N(c2c(F)cc(C#Cc3ccccc3)cc2F)C(=O)C[C@@]1(C)C(N)=CC=O. The molecule has 0 aliphatic carbocycles. The van der Waals surface area contributed by atoms with E-state index < -0.39 is 34.8 Å². The van der Waals surface area contributed by atoms with Gasteiger partial charge in [-0.1, -0.05) is 30.0 Å². The molecule has 1 heterocycles. The number of carbonyl (C=O) groups excluding carboxylic acids is 3. The van der Waals surface area contributed by atoms with Gasteiger partial charge in [0.2, 0.25) is 5.91 Å². The number of nitrogens with zero attached hydrogens (tertiary/aromatic N) is 2. The smallest absolute Gasteiger partial charge is 0.332 e. The Balaban J connectivity index is 1.97. The maximum Gasteiger partial charge on any atom is 0.332 e. The zero-order valence-corrected chi connectivity index (χ0v) is 16.9. The lowest BCUT2D eigenvalue weighted by atomic mass is 9.89. The van der Waals surface area contributed by atoms with Gasteiger partial charge >= 0.3 is 6.03 Å². The second-order valence-electron chi connectivity index (χ2n) is 7.18. The van der Waals surface area contributed by atoms with Gasteiger partial charge in [0.1, 0.15) is 12.0 Å². The Morgan fingerprint density at radius 2 is 1.68 bits per heavy atom. The minimum Gasteiger partial charge on any atom is -0.400 e. The van der Waals surface area contributed by atoms with Gasteiger partial charge in [-0.05, 0) is 37.3 Å². The van der Waals surface area contributed by atoms with Crippen LogP contribution in [0.5, 0.6) is 0 Å². The van der Waals surface area contributed by atoms with Gasteiger partial charge in [-0.15, -0.1) is 0 Å². The predicted octanol–water partition coefficient (Wildman–Crippen LogP) is 2.95. The summed E-state index contributed by atoms with van der Waals surface area (Å²) in [4.78, 5) is 37.9. The first-order valence-corrected chi connectivity index (χ1v) is 9.27. The molecule has 2 aromatic rings. The molecule has 158 valence electrons. The molecule has 0 aromatic heterocycles. The highest BCUT2D eigenvalue weighted by Crippen LogP contribution is 2.35. The van der Waals surface area contributed by atoms with E-state index in [4.69, 9.17) is 5.73 Å². The van der Waals surface area contributed by atoms with Crippen LogP contribution in [0.25, 0.3) is 0 Å². The lowest BCUT2D eigenvalue weighted by molar-refractivity contribution is -0.121. The van der Waals surface area contributed by atoms with Crippen LogP contribution in [0.2, 0.25) is 0 Å². The maximum absolute atomic E-state index is 14.8. The van der Waals surface area contributed by atoms with Crippen molar-refractivity contribution < 1.29 is 23.2 Å². The zero-order valence-electron chi connectivity index (χ0n) is 16.9. The van der Waals surface area contributed by atoms with E-state index in [0.29, 0.717) is 16.7 Å². The number of allylic oxidation sites excluding steroid dienone is 1. The number of amides is 3. The van der Waals surface area contributed by atoms with Crippen LogP contribution in [-0.4, -0.2) is 35.7 Å². The van der Waals surface area contributed by atoms with Crippen LogP contribution in [0.1, 0.15) is 24.5 Å². The fourth-order valence-electron chi connectivity index (χ4n) is 3.25. The van der Waals surface area contributed by atoms with Gasteiger partial charge in [-0.2, -0.15) is 0 Å². The van der Waals surface area contributed by atoms with E-state index in [1.54, 1.807) is 24.3 Å². The summed E-state index contributed by atoms with van der Waals surface area (Å²) < 4.78 is 29.6. The van der Waals surface area contributed by atoms with Crippen LogP contribution in [0.3, 0.4) is 0 Å². The van der Waals surface area contributed by atoms with Gasteiger partial charge in [-0.25, -0.2) is 18.5 Å². The lowest BCUT2D eigenvalue weighted by Gasteiger charge is -2.45. The number of urea groups is 1. The third kappa shape index (κ3) is 4.03. The first kappa shape index (κ1) is 21.7. The van der Waals surface area contributed by atoms with Crippen molar-refractivity contribution in [2.75, 3.05) is 11.9 Å². The number of hydrogen-bond acceptors (Lipinski definition) is 4. The topological polar surface area (TPSA) is 83.7 Å². The van der Waals surface area contributed by atoms with Crippen molar-refractivity contribution in [3.63, 3.8) is 0 Å². The zero-order chi connectivity index (χ0) is 22.8. The average Bonchev–Trinajstić information content (AvgIpc) is 2.73. The summed E-state index contributed by atoms with van der Waals surface area (Å²) in [6.07, 6.45) is 1.11. The summed E-state index contributed by atoms with van der Waals surface area (Å²) in [5.41, 5.74) is 4.46. The van der Waals surface area contributed by atoms with Crippen molar-refractivity contribution in [2.45, 2.75) is 18.9 Å². The molecule has 2 aromatic carbocycles. The molecule has 3 rings (SSSR count). The third-order valence-corrected chi connectivity index (χ3v) is 5.20. The van der Waals surface area contributed by atoms with Crippen molar-refractivity contribution in [3.05, 3.63) is 77.0 Å². The highest BCUT2D eigenvalue weighted by atomic mass is 19.1. The van der Waals surface area contributed by atoms with Gasteiger partial charge in [0, 0.05) is 23.9 Å². The molecule has 0 saturated carbocycles. The van der Waals surface area contributed by atoms with E-state index >= 15 is 0 Å². The third-order valence-electron chi connectivity index (χ3n) is 5.20. The number of anilines is 1. The summed E-state index contributed by atoms with van der Waals surface area (Å²) in [5.74, 6) is 2.39. The summed E-state index contributed by atoms with van der Waals surface area (Å²) in [6, 6.07) is 9.82. The normalized spacial score (nSPS) is 19.2. The molecule has 6 nitrogen and oxygen atoms in total. The van der Waals surface area contributed by atoms with Crippen LogP contribution in [-0.2, 0) is 9.59 Å². The predicted molar refractivity (Wildman–Crippen MR) is 111 cm³/mol. The van der Waals surface area contributed by atoms with Crippen LogP contribution < -0.4 is 10.6 Å². The Hall–Kier alpha value is -3.99. The number of carbonyl (C=O) groups is 3. The monoisotopic (exact) mass is 423 g/mol. The van der Waals surface area contributed by atoms with E-state index in [0.717, 1.165) is 23.1 Å². The minimum atomic E-state index is -1.31. The Morgan fingerprint density at radius 3 is 2.26 bits per heavy atom. The van der Waals surface area contributed by atoms with Crippen LogP contribution in [0.4, 0.5) is 19.3 Å². The number of benzene rings is 2. The number of hydrogen-bond donors (Lipinski definition) is 1. The summed E-state index contributed by atoms with van der Waals surface area (Å²) >= 11 is 0. The molecular weight excluding hydrogens is 404 g/mol. The number of aldehydes is 1. The van der Waals surface area contributed by atoms with Crippen molar-refractivity contribution in [3.8, 4) is 11.8 Å². The van der Waals surface area contributed by atoms with Crippen molar-refractivity contribution in [1.29, 1.82) is 0 Å². The van der Waals surface area contributed by atoms with Gasteiger partial charge < -0.3 is 10.6 Å². The van der Waals surface area contributed by atoms with E-state index in [9.17, 15) is 23.2 Å². The molecule has 0 spiro atoms. The molecule has 0 bridgehead atoms. The number of imide groups is 1. The summed E-state index contributed by atoms with van der Waals surface area (Å²) in [5, 5.41) is 0. The van der Waals surface area contributed by atoms with Gasteiger partial charge in [0.05, 0.1) is 12.0 Å². The first-order valence-electron chi connectivity index (χ1n) is 9.27. The molecule has 2 N–H and O–H groups in total. The highest BCUT2D eigenvalue weighted by Gasteiger charge is 2.48. The Labute approximate surface area is 177 Å². The van der Waals surface area contributed by atoms with E-state index in [1.165, 1.54) is 14.0 Å². The Kier molecular flexibility index (Phi) is 5.88. The fraction of sp³-hybridized carbons (Fsp3) is 0.174. The van der Waals surface area contributed by atoms with Crippen molar-refractivity contribution in [1.82, 2.24) is 4.90 Å². The van der Waals surface area contributed by atoms with Gasteiger partial charge in [0.25, 0.3) is 0 Å². The lowest BCUT2D eigenvalue weighted by Crippen LogP contribution is -2.63. The molecule has 1 atom stereocenters. The number of nitrogens with two attached hydrogens (primary N) is 1. The summed E-state index contributed by atoms with van der Waals surface area (Å²) in [7, 11) is 1.34. The number of rotatable bonds is 3. The molecular formula is C23H19F2N3O3. The molecule has 1 saturated heterocycles. The van der Waals surface area contributed by atoms with Gasteiger partial charge in [-0.3, -0.25) is 9.59 Å². The molecule has 0 unspecified atom stereocenters. The molecule has 1 aliphatic rings. The molecule has 1 fully saturated rings. The van der Waals surface area contributed by atoms with E-state index in [2.05, 4.69) is 11.8 Å². The Morgan fingerprint density at radius 1 is 1.10 bits per heavy atom. The fourth-order valence-corrected chi connectivity index (χ4v) is 3.25. The molecule has 31 heavy (non-hydrogen) atoms. The molecule has 8 heteroatoms. The van der Waals surface area contributed by atoms with Crippen molar-refractivity contribution >= 4 is 23.9 Å². The second-order valence-corrected chi connectivity index (χ2v) is 7.18. The van der Waals surface area contributed by atoms with Crippen LogP contribution >= 0.6 is 0 Å². The van der Waals surface area contributed by atoms with E-state index in [-0.39, 0.29) is 17.7 Å². The molecule has 1 aliphatic heterocycles. The van der Waals surface area contributed by atoms with Gasteiger partial charge in [0.15, 0.2) is 11.6 Å². The van der Waals surface area contributed by atoms with Crippen molar-refractivity contribution in [2.24, 2.45) is 5.73 Å². The first-order chi connectivity index (χ1) is 14.7. The Bertz CT molecular complexity index is 1130. The largest absolute Gasteiger partial charge is 0.400 e. The minimum absolute atomic E-state index is 0.0150. The summed E-state index contributed by atoms with van der Waals surface area (Å²) in [6.45, 7) is 1.49. The second kappa shape index (κ2) is 8.40. The van der Waals surface area contributed by atoms with Crippen LogP contribution in [0.15, 0.2) is 54.2 Å². The standard InChI is InChI=1S/C23H19F2N3O3/c1-23(19(26)10-11-29)14-20(30)28(22(31)27(23)2)21-17(24)12-16(13-18(21)25)9-8-15-6-4-3-5-7-15/h3-7,10-13H,14,26H2,1-2H3/t23-/m0/s1. The van der Waals surface area contributed by atoms with Crippen LogP contribution in [0, 0.1) is 23.5 Å². The molecule has 0 radical (unpaired) electrons. The average molecular weight is 423 g/mol. The molecule has 3 amide bonds. The number of likely N-dealkylation sites (N-methyl/N-ethyl adjacent to an activating group) is 1. The van der Waals surface area contributed by atoms with E-state index in [1.807, 2.05) is 6.07 Å². The maximum atomic E-state index is 14.8. The quantitative estimate of drug-likeness (QED) is 0.467. The highest BCUT2D eigenvalue weighted by molar-refractivity contribution is 6.17.